The molecule has 0 fully saturated rings. The molecule has 0 radical (unpaired) electrons. The fourth-order valence-corrected chi connectivity index (χ4v) is 2.07. The summed E-state index contributed by atoms with van der Waals surface area (Å²) in [5.74, 6) is -0.0885. The lowest BCUT2D eigenvalue weighted by Crippen LogP contribution is -2.19. The number of rotatable bonds is 3. The molecule has 2 N–H and O–H groups in total. The van der Waals surface area contributed by atoms with E-state index in [1.165, 1.54) is 0 Å². The van der Waals surface area contributed by atoms with Crippen LogP contribution in [-0.4, -0.2) is 16.7 Å². The van der Waals surface area contributed by atoms with Gasteiger partial charge in [-0.05, 0) is 64.8 Å². The Morgan fingerprint density at radius 2 is 1.80 bits per heavy atom. The van der Waals surface area contributed by atoms with Crippen LogP contribution in [0, 0.1) is 0 Å². The third-order valence-electron chi connectivity index (χ3n) is 2.73. The maximum absolute atomic E-state index is 12.0. The molecule has 102 valence electrons. The van der Waals surface area contributed by atoms with E-state index >= 15 is 0 Å². The summed E-state index contributed by atoms with van der Waals surface area (Å²) < 4.78 is 0.718. The van der Waals surface area contributed by atoms with Crippen LogP contribution in [0.1, 0.15) is 22.8 Å². The minimum Gasteiger partial charge on any atom is -0.508 e. The summed E-state index contributed by atoms with van der Waals surface area (Å²) >= 11 is 3.32. The van der Waals surface area contributed by atoms with Crippen molar-refractivity contribution in [1.29, 1.82) is 0 Å². The van der Waals surface area contributed by atoms with E-state index in [1.54, 1.807) is 49.4 Å². The molecule has 0 aliphatic carbocycles. The molecular weight excluding hydrogens is 320 g/mol. The van der Waals surface area contributed by atoms with E-state index in [0.717, 1.165) is 10.0 Å². The first-order chi connectivity index (χ1) is 9.58. The Morgan fingerprint density at radius 1 is 1.15 bits per heavy atom. The van der Waals surface area contributed by atoms with Gasteiger partial charge in [-0.15, -0.1) is 0 Å². The molecule has 2 rings (SSSR count). The molecule has 2 aromatic carbocycles. The van der Waals surface area contributed by atoms with E-state index in [2.05, 4.69) is 26.5 Å². The molecular formula is C15H13BrN2O2. The van der Waals surface area contributed by atoms with E-state index in [9.17, 15) is 9.90 Å². The lowest BCUT2D eigenvalue weighted by Gasteiger charge is -2.04. The predicted molar refractivity (Wildman–Crippen MR) is 81.9 cm³/mol. The lowest BCUT2D eigenvalue weighted by atomic mass is 10.1. The average molecular weight is 333 g/mol. The van der Waals surface area contributed by atoms with Crippen molar-refractivity contribution in [2.45, 2.75) is 6.92 Å². The Morgan fingerprint density at radius 3 is 2.45 bits per heavy atom. The highest BCUT2D eigenvalue weighted by Crippen LogP contribution is 2.15. The maximum Gasteiger partial charge on any atom is 0.272 e. The van der Waals surface area contributed by atoms with Crippen LogP contribution in [0.3, 0.4) is 0 Å². The molecule has 2 aromatic rings. The largest absolute Gasteiger partial charge is 0.508 e. The number of hydrogen-bond acceptors (Lipinski definition) is 3. The highest BCUT2D eigenvalue weighted by molar-refractivity contribution is 9.10. The van der Waals surface area contributed by atoms with Gasteiger partial charge in [-0.2, -0.15) is 5.10 Å². The van der Waals surface area contributed by atoms with E-state index < -0.39 is 0 Å². The molecule has 0 unspecified atom stereocenters. The Kier molecular flexibility index (Phi) is 4.53. The van der Waals surface area contributed by atoms with Gasteiger partial charge in [0.2, 0.25) is 0 Å². The second kappa shape index (κ2) is 6.34. The van der Waals surface area contributed by atoms with Crippen LogP contribution in [0.5, 0.6) is 5.75 Å². The number of nitrogens with zero attached hydrogens (tertiary/aromatic N) is 1. The van der Waals surface area contributed by atoms with Gasteiger partial charge in [-0.3, -0.25) is 4.79 Å². The predicted octanol–water partition coefficient (Wildman–Crippen LogP) is 3.31. The van der Waals surface area contributed by atoms with Gasteiger partial charge in [0.1, 0.15) is 5.75 Å². The molecule has 0 bridgehead atoms. The zero-order chi connectivity index (χ0) is 14.5. The molecule has 0 aliphatic rings. The van der Waals surface area contributed by atoms with Crippen molar-refractivity contribution >= 4 is 27.5 Å². The van der Waals surface area contributed by atoms with Crippen LogP contribution in [0.4, 0.5) is 0 Å². The molecule has 0 aromatic heterocycles. The van der Waals surface area contributed by atoms with Gasteiger partial charge >= 0.3 is 0 Å². The van der Waals surface area contributed by atoms with Crippen LogP contribution < -0.4 is 5.43 Å². The second-order valence-corrected chi connectivity index (χ2v) is 5.02. The first-order valence-corrected chi connectivity index (χ1v) is 6.76. The summed E-state index contributed by atoms with van der Waals surface area (Å²) in [6.45, 7) is 1.78. The van der Waals surface area contributed by atoms with Crippen molar-refractivity contribution in [3.8, 4) is 5.75 Å². The summed E-state index contributed by atoms with van der Waals surface area (Å²) in [5.41, 5.74) is 4.52. The number of hydrazone groups is 1. The highest BCUT2D eigenvalue weighted by atomic mass is 79.9. The molecule has 0 spiro atoms. The maximum atomic E-state index is 12.0. The fraction of sp³-hybridized carbons (Fsp3) is 0.0667. The number of phenols is 1. The number of benzene rings is 2. The van der Waals surface area contributed by atoms with Crippen LogP contribution in [0.25, 0.3) is 0 Å². The minimum atomic E-state index is -0.282. The topological polar surface area (TPSA) is 61.7 Å². The zero-order valence-electron chi connectivity index (χ0n) is 10.8. The Labute approximate surface area is 125 Å². The molecule has 1 amide bonds. The molecule has 0 aliphatic heterocycles. The number of hydrogen-bond donors (Lipinski definition) is 2. The summed E-state index contributed by atoms with van der Waals surface area (Å²) in [5, 5.41) is 13.3. The quantitative estimate of drug-likeness (QED) is 0.669. The molecule has 20 heavy (non-hydrogen) atoms. The summed E-state index contributed by atoms with van der Waals surface area (Å²) in [6, 6.07) is 13.8. The molecule has 0 atom stereocenters. The third-order valence-corrected chi connectivity index (χ3v) is 3.42. The van der Waals surface area contributed by atoms with Crippen molar-refractivity contribution in [2.24, 2.45) is 5.10 Å². The first kappa shape index (κ1) is 14.3. The number of carbonyl (C=O) groups is 1. The Bertz CT molecular complexity index is 651. The molecule has 0 saturated carbocycles. The van der Waals surface area contributed by atoms with Gasteiger partial charge in [0.25, 0.3) is 5.91 Å². The number of aromatic hydroxyl groups is 1. The summed E-state index contributed by atoms with van der Waals surface area (Å²) in [7, 11) is 0. The number of carbonyl (C=O) groups excluding carboxylic acids is 1. The number of amides is 1. The van der Waals surface area contributed by atoms with Crippen molar-refractivity contribution in [3.63, 3.8) is 0 Å². The van der Waals surface area contributed by atoms with Crippen molar-refractivity contribution < 1.29 is 9.90 Å². The highest BCUT2D eigenvalue weighted by Gasteiger charge is 2.08. The standard InChI is InChI=1S/C15H13BrN2O2/c1-10(11-6-8-12(19)9-7-11)17-18-15(20)13-4-2-3-5-14(13)16/h2-9,19H,1H3,(H,18,20)/b17-10+. The van der Waals surface area contributed by atoms with Gasteiger partial charge in [0.15, 0.2) is 0 Å². The molecule has 4 nitrogen and oxygen atoms in total. The third kappa shape index (κ3) is 3.45. The zero-order valence-corrected chi connectivity index (χ0v) is 12.4. The second-order valence-electron chi connectivity index (χ2n) is 4.16. The number of nitrogens with one attached hydrogen (secondary N) is 1. The normalized spacial score (nSPS) is 11.2. The van der Waals surface area contributed by atoms with Crippen LogP contribution in [0.15, 0.2) is 58.1 Å². The van der Waals surface area contributed by atoms with Crippen LogP contribution >= 0.6 is 15.9 Å². The monoisotopic (exact) mass is 332 g/mol. The van der Waals surface area contributed by atoms with Gasteiger partial charge in [0.05, 0.1) is 11.3 Å². The first-order valence-electron chi connectivity index (χ1n) is 5.96. The van der Waals surface area contributed by atoms with Gasteiger partial charge in [-0.1, -0.05) is 12.1 Å². The SMILES string of the molecule is C/C(=N\NC(=O)c1ccccc1Br)c1ccc(O)cc1. The lowest BCUT2D eigenvalue weighted by molar-refractivity contribution is 0.0954. The summed E-state index contributed by atoms with van der Waals surface area (Å²) in [4.78, 5) is 12.0. The number of halogens is 1. The van der Waals surface area contributed by atoms with Gasteiger partial charge in [0, 0.05) is 4.47 Å². The fourth-order valence-electron chi connectivity index (χ4n) is 1.61. The van der Waals surface area contributed by atoms with E-state index in [0.29, 0.717) is 11.3 Å². The summed E-state index contributed by atoms with van der Waals surface area (Å²) in [6.07, 6.45) is 0. The van der Waals surface area contributed by atoms with Crippen molar-refractivity contribution in [1.82, 2.24) is 5.43 Å². The Balaban J connectivity index is 2.11. The van der Waals surface area contributed by atoms with E-state index in [1.807, 2.05) is 6.07 Å². The average Bonchev–Trinajstić information content (AvgIpc) is 2.45. The van der Waals surface area contributed by atoms with Gasteiger partial charge < -0.3 is 5.11 Å². The van der Waals surface area contributed by atoms with Gasteiger partial charge in [-0.25, -0.2) is 5.43 Å². The molecule has 0 heterocycles. The molecule has 5 heteroatoms. The van der Waals surface area contributed by atoms with Crippen molar-refractivity contribution in [2.75, 3.05) is 0 Å². The Hall–Kier alpha value is -2.14. The molecule has 0 saturated heterocycles. The van der Waals surface area contributed by atoms with E-state index in [4.69, 9.17) is 0 Å². The number of phenolic OH excluding ortho intramolecular Hbond substituents is 1. The minimum absolute atomic E-state index is 0.193. The van der Waals surface area contributed by atoms with Crippen LogP contribution in [0.2, 0.25) is 0 Å². The van der Waals surface area contributed by atoms with Crippen molar-refractivity contribution in [3.05, 3.63) is 64.1 Å². The smallest absolute Gasteiger partial charge is 0.272 e. The van der Waals surface area contributed by atoms with E-state index in [-0.39, 0.29) is 11.7 Å². The van der Waals surface area contributed by atoms with Crippen LogP contribution in [-0.2, 0) is 0 Å².